The number of rotatable bonds is 0. The zero-order valence-electron chi connectivity index (χ0n) is 5.26. The first-order valence-electron chi connectivity index (χ1n) is 2.71. The second kappa shape index (κ2) is 1.47. The zero-order valence-corrected chi connectivity index (χ0v) is 5.26. The van der Waals surface area contributed by atoms with Gasteiger partial charge in [0.2, 0.25) is 11.3 Å². The van der Waals surface area contributed by atoms with Gasteiger partial charge < -0.3 is 9.77 Å². The van der Waals surface area contributed by atoms with E-state index in [0.717, 1.165) is 0 Å². The minimum Gasteiger partial charge on any atom is -0.409 e. The standard InChI is InChI=1S/C4H5N5O/c1-8-2-5-3-4(8)6-7-9(3)10/h2,10H,1H3. The molecule has 2 heterocycles. The fraction of sp³-hybridized carbons (Fsp3) is 0.250. The molecule has 0 amide bonds. The normalized spacial score (nSPS) is 10.9. The van der Waals surface area contributed by atoms with Crippen LogP contribution in [-0.2, 0) is 7.05 Å². The summed E-state index contributed by atoms with van der Waals surface area (Å²) in [4.78, 5) is 4.48. The van der Waals surface area contributed by atoms with Gasteiger partial charge >= 0.3 is 0 Å². The van der Waals surface area contributed by atoms with Gasteiger partial charge in [0.15, 0.2) is 0 Å². The number of hydrogen-bond acceptors (Lipinski definition) is 4. The van der Waals surface area contributed by atoms with Gasteiger partial charge in [-0.1, -0.05) is 4.85 Å². The fourth-order valence-electron chi connectivity index (χ4n) is 0.795. The monoisotopic (exact) mass is 139 g/mol. The predicted octanol–water partition coefficient (Wildman–Crippen LogP) is -0.598. The van der Waals surface area contributed by atoms with Crippen LogP contribution in [0.25, 0.3) is 11.3 Å². The third-order valence-electron chi connectivity index (χ3n) is 1.30. The van der Waals surface area contributed by atoms with Gasteiger partial charge in [-0.05, 0) is 5.21 Å². The Labute approximate surface area is 55.7 Å². The maximum absolute atomic E-state index is 8.89. The van der Waals surface area contributed by atoms with E-state index in [1.807, 2.05) is 0 Å². The molecule has 0 spiro atoms. The van der Waals surface area contributed by atoms with E-state index in [2.05, 4.69) is 15.3 Å². The van der Waals surface area contributed by atoms with E-state index in [1.54, 1.807) is 17.9 Å². The highest BCUT2D eigenvalue weighted by molar-refractivity contribution is 5.64. The van der Waals surface area contributed by atoms with E-state index in [9.17, 15) is 0 Å². The molecule has 0 aliphatic carbocycles. The van der Waals surface area contributed by atoms with E-state index in [4.69, 9.17) is 5.21 Å². The van der Waals surface area contributed by atoms with Crippen LogP contribution in [0.4, 0.5) is 0 Å². The Kier molecular flexibility index (Phi) is 0.765. The first-order valence-corrected chi connectivity index (χ1v) is 2.71. The Hall–Kier alpha value is -1.59. The van der Waals surface area contributed by atoms with Crippen molar-refractivity contribution in [1.82, 2.24) is 24.7 Å². The fourth-order valence-corrected chi connectivity index (χ4v) is 0.795. The molecule has 52 valence electrons. The van der Waals surface area contributed by atoms with Crippen LogP contribution in [0, 0.1) is 0 Å². The van der Waals surface area contributed by atoms with Gasteiger partial charge in [-0.25, -0.2) is 4.98 Å². The van der Waals surface area contributed by atoms with Gasteiger partial charge in [0, 0.05) is 7.05 Å². The molecule has 0 saturated heterocycles. The van der Waals surface area contributed by atoms with Crippen LogP contribution in [-0.4, -0.2) is 29.9 Å². The van der Waals surface area contributed by atoms with E-state index in [0.29, 0.717) is 16.1 Å². The average molecular weight is 139 g/mol. The minimum absolute atomic E-state index is 0.377. The lowest BCUT2D eigenvalue weighted by molar-refractivity contribution is 0.153. The Balaban J connectivity index is 2.95. The molecule has 2 rings (SSSR count). The van der Waals surface area contributed by atoms with Crippen LogP contribution in [0.3, 0.4) is 0 Å². The van der Waals surface area contributed by atoms with Crippen molar-refractivity contribution in [3.8, 4) is 0 Å². The molecular weight excluding hydrogens is 134 g/mol. The maximum atomic E-state index is 8.89. The van der Waals surface area contributed by atoms with Crippen LogP contribution >= 0.6 is 0 Å². The molecule has 0 aliphatic heterocycles. The molecule has 0 bridgehead atoms. The van der Waals surface area contributed by atoms with Crippen molar-refractivity contribution in [2.75, 3.05) is 0 Å². The summed E-state index contributed by atoms with van der Waals surface area (Å²) in [6.45, 7) is 0. The Bertz CT molecular complexity index is 324. The first-order chi connectivity index (χ1) is 4.79. The molecule has 0 radical (unpaired) electrons. The van der Waals surface area contributed by atoms with Crippen LogP contribution in [0.15, 0.2) is 6.33 Å². The quantitative estimate of drug-likeness (QED) is 0.495. The van der Waals surface area contributed by atoms with Crippen molar-refractivity contribution >= 4 is 11.3 Å². The summed E-state index contributed by atoms with van der Waals surface area (Å²) < 4.78 is 1.68. The van der Waals surface area contributed by atoms with Crippen molar-refractivity contribution < 1.29 is 5.21 Å². The van der Waals surface area contributed by atoms with Crippen LogP contribution in [0.5, 0.6) is 0 Å². The maximum Gasteiger partial charge on any atom is 0.238 e. The van der Waals surface area contributed by atoms with Crippen molar-refractivity contribution in [1.29, 1.82) is 0 Å². The van der Waals surface area contributed by atoms with Crippen LogP contribution in [0.1, 0.15) is 0 Å². The molecule has 6 heteroatoms. The SMILES string of the molecule is Cn1cnc2c1nnn2O. The third kappa shape index (κ3) is 0.450. The number of hydrogen-bond donors (Lipinski definition) is 1. The highest BCUT2D eigenvalue weighted by atomic mass is 16.5. The Morgan fingerprint density at radius 3 is 3.00 bits per heavy atom. The van der Waals surface area contributed by atoms with Gasteiger partial charge in [0.05, 0.1) is 6.33 Å². The largest absolute Gasteiger partial charge is 0.409 e. The summed E-state index contributed by atoms with van der Waals surface area (Å²) in [5.41, 5.74) is 0.949. The summed E-state index contributed by atoms with van der Waals surface area (Å²) in [6, 6.07) is 0. The van der Waals surface area contributed by atoms with E-state index >= 15 is 0 Å². The van der Waals surface area contributed by atoms with E-state index < -0.39 is 0 Å². The average Bonchev–Trinajstić information content (AvgIpc) is 2.41. The predicted molar refractivity (Wildman–Crippen MR) is 31.5 cm³/mol. The number of fused-ring (bicyclic) bond motifs is 1. The summed E-state index contributed by atoms with van der Waals surface area (Å²) in [7, 11) is 1.78. The van der Waals surface area contributed by atoms with Crippen molar-refractivity contribution in [2.24, 2.45) is 7.05 Å². The molecular formula is C4H5N5O. The van der Waals surface area contributed by atoms with E-state index in [-0.39, 0.29) is 0 Å². The minimum atomic E-state index is 0.377. The van der Waals surface area contributed by atoms with Crippen LogP contribution < -0.4 is 0 Å². The van der Waals surface area contributed by atoms with Crippen molar-refractivity contribution in [2.45, 2.75) is 0 Å². The molecule has 2 aromatic heterocycles. The molecule has 0 fully saturated rings. The lowest BCUT2D eigenvalue weighted by Gasteiger charge is -1.80. The molecule has 0 aromatic carbocycles. The molecule has 0 atom stereocenters. The number of aryl methyl sites for hydroxylation is 1. The lowest BCUT2D eigenvalue weighted by Crippen LogP contribution is -1.92. The lowest BCUT2D eigenvalue weighted by atomic mass is 10.7. The van der Waals surface area contributed by atoms with Gasteiger partial charge in [0.25, 0.3) is 0 Å². The summed E-state index contributed by atoms with van der Waals surface area (Å²) in [5, 5.41) is 15.9. The third-order valence-corrected chi connectivity index (χ3v) is 1.30. The van der Waals surface area contributed by atoms with E-state index in [1.165, 1.54) is 0 Å². The highest BCUT2D eigenvalue weighted by Gasteiger charge is 2.06. The molecule has 0 unspecified atom stereocenters. The summed E-state index contributed by atoms with van der Waals surface area (Å²) in [6.07, 6.45) is 1.56. The van der Waals surface area contributed by atoms with Gasteiger partial charge in [0.1, 0.15) is 0 Å². The summed E-state index contributed by atoms with van der Waals surface area (Å²) >= 11 is 0. The van der Waals surface area contributed by atoms with Gasteiger partial charge in [-0.3, -0.25) is 0 Å². The van der Waals surface area contributed by atoms with Gasteiger partial charge in [-0.2, -0.15) is 0 Å². The first kappa shape index (κ1) is 5.21. The van der Waals surface area contributed by atoms with Crippen molar-refractivity contribution in [3.63, 3.8) is 0 Å². The number of aromatic nitrogens is 5. The number of imidazole rings is 1. The van der Waals surface area contributed by atoms with Crippen LogP contribution in [0.2, 0.25) is 0 Å². The Morgan fingerprint density at radius 2 is 2.30 bits per heavy atom. The van der Waals surface area contributed by atoms with Gasteiger partial charge in [-0.15, -0.1) is 5.10 Å². The highest BCUT2D eigenvalue weighted by Crippen LogP contribution is 2.03. The molecule has 1 N–H and O–H groups in total. The molecule has 0 aliphatic rings. The molecule has 6 nitrogen and oxygen atoms in total. The zero-order chi connectivity index (χ0) is 7.14. The smallest absolute Gasteiger partial charge is 0.238 e. The second-order valence-corrected chi connectivity index (χ2v) is 1.98. The number of nitrogens with zero attached hydrogens (tertiary/aromatic N) is 5. The second-order valence-electron chi connectivity index (χ2n) is 1.98. The Morgan fingerprint density at radius 1 is 1.50 bits per heavy atom. The topological polar surface area (TPSA) is 68.8 Å². The molecule has 2 aromatic rings. The molecule has 0 saturated carbocycles. The van der Waals surface area contributed by atoms with Crippen molar-refractivity contribution in [3.05, 3.63) is 6.33 Å². The molecule has 10 heavy (non-hydrogen) atoms. The summed E-state index contributed by atoms with van der Waals surface area (Å²) in [5.74, 6) is 0.